The summed E-state index contributed by atoms with van der Waals surface area (Å²) in [6.45, 7) is -4.01. The molecule has 0 bridgehead atoms. The molecule has 0 aromatic heterocycles. The van der Waals surface area contributed by atoms with Crippen LogP contribution in [0.15, 0.2) is 0 Å². The van der Waals surface area contributed by atoms with Crippen molar-refractivity contribution in [1.82, 2.24) is 0 Å². The third-order valence-corrected chi connectivity index (χ3v) is 2.50. The van der Waals surface area contributed by atoms with Gasteiger partial charge in [0, 0.05) is 4.92 Å². The Balaban J connectivity index is 4.17. The predicted molar refractivity (Wildman–Crippen MR) is 58.2 cm³/mol. The Morgan fingerprint density at radius 3 is 2.16 bits per heavy atom. The summed E-state index contributed by atoms with van der Waals surface area (Å²) in [5.74, 6) is 0. The van der Waals surface area contributed by atoms with Gasteiger partial charge in [-0.2, -0.15) is 8.42 Å². The first-order valence-electron chi connectivity index (χ1n) is 4.91. The van der Waals surface area contributed by atoms with Crippen LogP contribution in [0, 0.1) is 10.1 Å². The predicted octanol–water partition coefficient (Wildman–Crippen LogP) is -2.82. The largest absolute Gasteiger partial charge is 0.397 e. The average molecular weight is 305 g/mol. The zero-order valence-electron chi connectivity index (χ0n) is 9.71. The molecule has 0 radical (unpaired) electrons. The fourth-order valence-electron chi connectivity index (χ4n) is 0.907. The number of hydrogen-bond acceptors (Lipinski definition) is 9. The van der Waals surface area contributed by atoms with Crippen molar-refractivity contribution in [3.05, 3.63) is 10.1 Å². The van der Waals surface area contributed by atoms with Crippen LogP contribution >= 0.6 is 0 Å². The third-order valence-electron chi connectivity index (χ3n) is 2.07. The lowest BCUT2D eigenvalue weighted by molar-refractivity contribution is -0.581. The number of hydrogen-bond donors (Lipinski definition) is 4. The summed E-state index contributed by atoms with van der Waals surface area (Å²) in [4.78, 5) is 9.70. The minimum Gasteiger partial charge on any atom is -0.389 e. The first-order chi connectivity index (χ1) is 8.67. The van der Waals surface area contributed by atoms with E-state index in [-0.39, 0.29) is 0 Å². The maximum Gasteiger partial charge on any atom is 0.397 e. The molecule has 4 N–H and O–H groups in total. The van der Waals surface area contributed by atoms with Gasteiger partial charge in [-0.1, -0.05) is 0 Å². The van der Waals surface area contributed by atoms with E-state index in [9.17, 15) is 23.6 Å². The summed E-state index contributed by atoms with van der Waals surface area (Å²) in [6.07, 6.45) is -1.47. The maximum atomic E-state index is 10.6. The van der Waals surface area contributed by atoms with Gasteiger partial charge in [0.1, 0.15) is 25.9 Å². The second kappa shape index (κ2) is 7.64. The van der Waals surface area contributed by atoms with Crippen molar-refractivity contribution in [2.24, 2.45) is 0 Å². The molecule has 114 valence electrons. The highest BCUT2D eigenvalue weighted by Crippen LogP contribution is 2.09. The number of ether oxygens (including phenoxy) is 1. The van der Waals surface area contributed by atoms with Gasteiger partial charge in [0.15, 0.2) is 0 Å². The standard InChI is InChI=1S/C7H15NO10S/c9-3-7(4-10,8(12)13)5-17-1-6(11)2-18-19(14,15)16/h6,9-11H,1-5H2,(H,14,15,16). The van der Waals surface area contributed by atoms with Crippen molar-refractivity contribution in [2.45, 2.75) is 11.6 Å². The summed E-state index contributed by atoms with van der Waals surface area (Å²) in [7, 11) is -4.70. The zero-order valence-corrected chi connectivity index (χ0v) is 10.5. The highest BCUT2D eigenvalue weighted by atomic mass is 32.3. The summed E-state index contributed by atoms with van der Waals surface area (Å²) in [5.41, 5.74) is -2.11. The molecule has 0 fully saturated rings. The van der Waals surface area contributed by atoms with E-state index in [1.54, 1.807) is 0 Å². The Hall–Kier alpha value is -0.890. The van der Waals surface area contributed by atoms with E-state index in [4.69, 9.17) is 19.5 Å². The number of aliphatic hydroxyl groups is 3. The fourth-order valence-corrected chi connectivity index (χ4v) is 1.24. The van der Waals surface area contributed by atoms with Crippen LogP contribution < -0.4 is 0 Å². The van der Waals surface area contributed by atoms with Gasteiger partial charge in [-0.05, 0) is 0 Å². The van der Waals surface area contributed by atoms with Crippen molar-refractivity contribution < 1.29 is 42.1 Å². The first-order valence-corrected chi connectivity index (χ1v) is 6.27. The van der Waals surface area contributed by atoms with E-state index in [0.717, 1.165) is 0 Å². The molecule has 1 atom stereocenters. The van der Waals surface area contributed by atoms with Crippen LogP contribution in [-0.4, -0.2) is 77.9 Å². The third kappa shape index (κ3) is 6.72. The molecule has 11 nitrogen and oxygen atoms in total. The summed E-state index contributed by atoms with van der Waals surface area (Å²) in [5, 5.41) is 37.5. The van der Waals surface area contributed by atoms with Crippen LogP contribution in [-0.2, 0) is 19.3 Å². The van der Waals surface area contributed by atoms with Crippen molar-refractivity contribution in [3.63, 3.8) is 0 Å². The van der Waals surface area contributed by atoms with Gasteiger partial charge >= 0.3 is 10.4 Å². The highest BCUT2D eigenvalue weighted by Gasteiger charge is 2.42. The molecule has 0 heterocycles. The normalized spacial score (nSPS) is 14.3. The lowest BCUT2D eigenvalue weighted by atomic mass is 10.1. The molecule has 12 heteroatoms. The van der Waals surface area contributed by atoms with Crippen molar-refractivity contribution in [1.29, 1.82) is 0 Å². The maximum absolute atomic E-state index is 10.6. The van der Waals surface area contributed by atoms with E-state index < -0.39 is 60.0 Å². The quantitative estimate of drug-likeness (QED) is 0.187. The molecule has 0 saturated heterocycles. The molecule has 0 aliphatic heterocycles. The van der Waals surface area contributed by atoms with E-state index >= 15 is 0 Å². The molecular formula is C7H15NO10S. The van der Waals surface area contributed by atoms with Crippen LogP contribution in [0.5, 0.6) is 0 Å². The molecule has 0 aliphatic rings. The van der Waals surface area contributed by atoms with Gasteiger partial charge in [0.2, 0.25) is 0 Å². The van der Waals surface area contributed by atoms with E-state index in [1.165, 1.54) is 0 Å². The molecule has 0 aromatic carbocycles. The van der Waals surface area contributed by atoms with E-state index in [0.29, 0.717) is 0 Å². The first kappa shape index (κ1) is 18.1. The molecule has 0 aromatic rings. The monoisotopic (exact) mass is 305 g/mol. The summed E-state index contributed by atoms with van der Waals surface area (Å²) >= 11 is 0. The van der Waals surface area contributed by atoms with Gasteiger partial charge in [-0.15, -0.1) is 0 Å². The second-order valence-corrected chi connectivity index (χ2v) is 4.77. The molecule has 0 aliphatic carbocycles. The number of aliphatic hydroxyl groups excluding tert-OH is 3. The SMILES string of the molecule is O=[N+]([O-])C(CO)(CO)COCC(O)COS(=O)(=O)O. The fraction of sp³-hybridized carbons (Fsp3) is 1.00. The Morgan fingerprint density at radius 2 is 1.79 bits per heavy atom. The number of nitrogens with zero attached hydrogens (tertiary/aromatic N) is 1. The molecular weight excluding hydrogens is 290 g/mol. The smallest absolute Gasteiger partial charge is 0.389 e. The van der Waals surface area contributed by atoms with Crippen LogP contribution in [0.25, 0.3) is 0 Å². The molecule has 0 saturated carbocycles. The second-order valence-electron chi connectivity index (χ2n) is 3.68. The Kier molecular flexibility index (Phi) is 7.28. The Labute approximate surface area is 108 Å². The lowest BCUT2D eigenvalue weighted by Crippen LogP contribution is -2.50. The molecule has 0 amide bonds. The highest BCUT2D eigenvalue weighted by molar-refractivity contribution is 7.80. The van der Waals surface area contributed by atoms with Gasteiger partial charge in [0.05, 0.1) is 13.2 Å². The number of rotatable bonds is 10. The minimum absolute atomic E-state index is 0.550. The summed E-state index contributed by atoms with van der Waals surface area (Å²) in [6, 6.07) is 0. The van der Waals surface area contributed by atoms with Gasteiger partial charge in [-0.3, -0.25) is 14.7 Å². The molecule has 0 rings (SSSR count). The average Bonchev–Trinajstić information content (AvgIpc) is 2.31. The van der Waals surface area contributed by atoms with Crippen LogP contribution in [0.3, 0.4) is 0 Å². The topological polar surface area (TPSA) is 177 Å². The van der Waals surface area contributed by atoms with Crippen LogP contribution in [0.1, 0.15) is 0 Å². The Bertz CT molecular complexity index is 377. The zero-order chi connectivity index (χ0) is 15.1. The molecule has 19 heavy (non-hydrogen) atoms. The Morgan fingerprint density at radius 1 is 1.26 bits per heavy atom. The van der Waals surface area contributed by atoms with Gasteiger partial charge in [0.25, 0.3) is 5.54 Å². The van der Waals surface area contributed by atoms with Crippen LogP contribution in [0.2, 0.25) is 0 Å². The van der Waals surface area contributed by atoms with Crippen molar-refractivity contribution in [3.8, 4) is 0 Å². The summed E-state index contributed by atoms with van der Waals surface area (Å²) < 4.78 is 37.1. The van der Waals surface area contributed by atoms with E-state index in [1.807, 2.05) is 0 Å². The minimum atomic E-state index is -4.70. The molecule has 0 spiro atoms. The van der Waals surface area contributed by atoms with Crippen molar-refractivity contribution in [2.75, 3.05) is 33.0 Å². The molecule has 1 unspecified atom stereocenters. The van der Waals surface area contributed by atoms with Crippen molar-refractivity contribution >= 4 is 10.4 Å². The number of nitro groups is 1. The van der Waals surface area contributed by atoms with Gasteiger partial charge < -0.3 is 20.1 Å². The van der Waals surface area contributed by atoms with Gasteiger partial charge in [-0.25, -0.2) is 4.18 Å². The van der Waals surface area contributed by atoms with E-state index in [2.05, 4.69) is 4.18 Å². The lowest BCUT2D eigenvalue weighted by Gasteiger charge is -2.21. The van der Waals surface area contributed by atoms with Crippen LogP contribution in [0.4, 0.5) is 0 Å².